The highest BCUT2D eigenvalue weighted by atomic mass is 127. The van der Waals surface area contributed by atoms with Crippen LogP contribution in [0.5, 0.6) is 0 Å². The number of hydrogen-bond acceptors (Lipinski definition) is 2. The van der Waals surface area contributed by atoms with Crippen LogP contribution in [0.3, 0.4) is 0 Å². The van der Waals surface area contributed by atoms with Gasteiger partial charge >= 0.3 is 0 Å². The highest BCUT2D eigenvalue weighted by Crippen LogP contribution is 2.28. The summed E-state index contributed by atoms with van der Waals surface area (Å²) in [5, 5.41) is 2.89. The standard InChI is InChI=1S/C12H15IN2O.ClH/c13-10-4-2-9(3-5-10)11(16)15-8-12(14)6-1-7-12;/h2-5H,1,6-8,14H2,(H,15,16);1H. The van der Waals surface area contributed by atoms with E-state index in [1.54, 1.807) is 0 Å². The zero-order valence-electron chi connectivity index (χ0n) is 9.41. The molecule has 1 fully saturated rings. The second-order valence-corrected chi connectivity index (χ2v) is 5.65. The Kier molecular flexibility index (Phi) is 5.22. The van der Waals surface area contributed by atoms with E-state index in [2.05, 4.69) is 27.9 Å². The Balaban J connectivity index is 0.00000144. The van der Waals surface area contributed by atoms with Gasteiger partial charge in [0.05, 0.1) is 0 Å². The van der Waals surface area contributed by atoms with Crippen molar-refractivity contribution in [2.75, 3.05) is 6.54 Å². The van der Waals surface area contributed by atoms with Gasteiger partial charge in [0.1, 0.15) is 0 Å². The molecular formula is C12H16ClIN2O. The van der Waals surface area contributed by atoms with Crippen molar-refractivity contribution in [1.82, 2.24) is 5.32 Å². The van der Waals surface area contributed by atoms with Gasteiger partial charge in [-0.2, -0.15) is 0 Å². The van der Waals surface area contributed by atoms with Gasteiger partial charge in [-0.25, -0.2) is 0 Å². The topological polar surface area (TPSA) is 55.1 Å². The number of rotatable bonds is 3. The smallest absolute Gasteiger partial charge is 0.251 e. The molecule has 3 nitrogen and oxygen atoms in total. The van der Waals surface area contributed by atoms with Crippen LogP contribution in [-0.2, 0) is 0 Å². The van der Waals surface area contributed by atoms with E-state index >= 15 is 0 Å². The van der Waals surface area contributed by atoms with Crippen molar-refractivity contribution >= 4 is 40.9 Å². The predicted molar refractivity (Wildman–Crippen MR) is 79.5 cm³/mol. The van der Waals surface area contributed by atoms with Crippen molar-refractivity contribution in [1.29, 1.82) is 0 Å². The Morgan fingerprint density at radius 1 is 1.35 bits per heavy atom. The first-order chi connectivity index (χ1) is 7.59. The minimum Gasteiger partial charge on any atom is -0.350 e. The molecule has 0 saturated heterocycles. The van der Waals surface area contributed by atoms with Crippen LogP contribution in [0.1, 0.15) is 29.6 Å². The molecule has 0 atom stereocenters. The number of nitrogens with one attached hydrogen (secondary N) is 1. The van der Waals surface area contributed by atoms with Gasteiger partial charge in [-0.15, -0.1) is 12.4 Å². The molecule has 1 saturated carbocycles. The van der Waals surface area contributed by atoms with Gasteiger partial charge < -0.3 is 11.1 Å². The fourth-order valence-corrected chi connectivity index (χ4v) is 2.13. The van der Waals surface area contributed by atoms with E-state index < -0.39 is 0 Å². The lowest BCUT2D eigenvalue weighted by molar-refractivity contribution is 0.0930. The zero-order chi connectivity index (χ0) is 11.6. The van der Waals surface area contributed by atoms with Crippen molar-refractivity contribution in [3.63, 3.8) is 0 Å². The fraction of sp³-hybridized carbons (Fsp3) is 0.417. The first-order valence-electron chi connectivity index (χ1n) is 5.42. The maximum absolute atomic E-state index is 11.8. The maximum Gasteiger partial charge on any atom is 0.251 e. The summed E-state index contributed by atoms with van der Waals surface area (Å²) in [6, 6.07) is 7.52. The monoisotopic (exact) mass is 366 g/mol. The first-order valence-corrected chi connectivity index (χ1v) is 6.50. The van der Waals surface area contributed by atoms with E-state index in [1.807, 2.05) is 24.3 Å². The van der Waals surface area contributed by atoms with Crippen LogP contribution in [0.15, 0.2) is 24.3 Å². The van der Waals surface area contributed by atoms with Gasteiger partial charge in [0.2, 0.25) is 0 Å². The molecule has 0 aromatic heterocycles. The third-order valence-electron chi connectivity index (χ3n) is 3.06. The number of halogens is 2. The van der Waals surface area contributed by atoms with E-state index in [1.165, 1.54) is 6.42 Å². The molecule has 0 heterocycles. The lowest BCUT2D eigenvalue weighted by Gasteiger charge is -2.38. The molecule has 1 amide bonds. The van der Waals surface area contributed by atoms with Crippen LogP contribution >= 0.6 is 35.0 Å². The van der Waals surface area contributed by atoms with Crippen molar-refractivity contribution in [3.05, 3.63) is 33.4 Å². The number of hydrogen-bond donors (Lipinski definition) is 2. The number of amides is 1. The summed E-state index contributed by atoms with van der Waals surface area (Å²) < 4.78 is 1.13. The van der Waals surface area contributed by atoms with Gasteiger partial charge in [-0.1, -0.05) is 0 Å². The summed E-state index contributed by atoms with van der Waals surface area (Å²) in [7, 11) is 0. The van der Waals surface area contributed by atoms with Crippen LogP contribution in [0, 0.1) is 3.57 Å². The third kappa shape index (κ3) is 3.82. The molecule has 0 bridgehead atoms. The lowest BCUT2D eigenvalue weighted by atomic mass is 9.78. The Morgan fingerprint density at radius 2 is 1.94 bits per heavy atom. The van der Waals surface area contributed by atoms with Gasteiger partial charge in [0.15, 0.2) is 0 Å². The molecule has 0 radical (unpaired) electrons. The second-order valence-electron chi connectivity index (χ2n) is 4.41. The minimum absolute atomic E-state index is 0. The maximum atomic E-state index is 11.8. The molecule has 0 aliphatic heterocycles. The number of benzene rings is 1. The summed E-state index contributed by atoms with van der Waals surface area (Å²) in [6.45, 7) is 0.581. The largest absolute Gasteiger partial charge is 0.350 e. The molecular weight excluding hydrogens is 351 g/mol. The van der Waals surface area contributed by atoms with E-state index in [4.69, 9.17) is 5.73 Å². The fourth-order valence-electron chi connectivity index (χ4n) is 1.77. The van der Waals surface area contributed by atoms with Crippen molar-refractivity contribution in [2.24, 2.45) is 5.73 Å². The molecule has 0 unspecified atom stereocenters. The van der Waals surface area contributed by atoms with Gasteiger partial charge in [-0.05, 0) is 66.1 Å². The molecule has 2 rings (SSSR count). The van der Waals surface area contributed by atoms with E-state index in [0.29, 0.717) is 12.1 Å². The SMILES string of the molecule is Cl.NC1(CNC(=O)c2ccc(I)cc2)CCC1. The normalized spacial score (nSPS) is 16.6. The van der Waals surface area contributed by atoms with Gasteiger partial charge in [-0.3, -0.25) is 4.79 Å². The number of nitrogens with two attached hydrogens (primary N) is 1. The average molecular weight is 367 g/mol. The van der Waals surface area contributed by atoms with E-state index in [-0.39, 0.29) is 23.9 Å². The summed E-state index contributed by atoms with van der Waals surface area (Å²) in [5.74, 6) is -0.0341. The number of carbonyl (C=O) groups excluding carboxylic acids is 1. The van der Waals surface area contributed by atoms with Crippen LogP contribution in [0.4, 0.5) is 0 Å². The molecule has 5 heteroatoms. The highest BCUT2D eigenvalue weighted by Gasteiger charge is 2.32. The second kappa shape index (κ2) is 6.02. The lowest BCUT2D eigenvalue weighted by Crippen LogP contribution is -2.54. The quantitative estimate of drug-likeness (QED) is 0.807. The van der Waals surface area contributed by atoms with Crippen molar-refractivity contribution in [2.45, 2.75) is 24.8 Å². The van der Waals surface area contributed by atoms with Crippen molar-refractivity contribution in [3.8, 4) is 0 Å². The summed E-state index contributed by atoms with van der Waals surface area (Å²) in [5.41, 5.74) is 6.58. The van der Waals surface area contributed by atoms with Gasteiger partial charge in [0, 0.05) is 21.2 Å². The highest BCUT2D eigenvalue weighted by molar-refractivity contribution is 14.1. The Hall–Kier alpha value is -0.330. The molecule has 1 aliphatic rings. The van der Waals surface area contributed by atoms with Crippen LogP contribution in [-0.4, -0.2) is 18.0 Å². The molecule has 3 N–H and O–H groups in total. The Bertz CT molecular complexity index is 390. The molecule has 0 spiro atoms. The molecule has 17 heavy (non-hydrogen) atoms. The molecule has 1 aromatic rings. The minimum atomic E-state index is -0.154. The predicted octanol–water partition coefficient (Wildman–Crippen LogP) is 2.32. The Morgan fingerprint density at radius 3 is 2.41 bits per heavy atom. The molecule has 1 aromatic carbocycles. The van der Waals surface area contributed by atoms with E-state index in [9.17, 15) is 4.79 Å². The van der Waals surface area contributed by atoms with Crippen molar-refractivity contribution < 1.29 is 4.79 Å². The van der Waals surface area contributed by atoms with Crippen LogP contribution in [0.2, 0.25) is 0 Å². The summed E-state index contributed by atoms with van der Waals surface area (Å²) in [6.07, 6.45) is 3.20. The Labute approximate surface area is 121 Å². The number of carbonyl (C=O) groups is 1. The van der Waals surface area contributed by atoms with Crippen LogP contribution < -0.4 is 11.1 Å². The zero-order valence-corrected chi connectivity index (χ0v) is 12.4. The van der Waals surface area contributed by atoms with E-state index in [0.717, 1.165) is 16.4 Å². The molecule has 1 aliphatic carbocycles. The first kappa shape index (κ1) is 14.7. The average Bonchev–Trinajstić information content (AvgIpc) is 2.24. The van der Waals surface area contributed by atoms with Gasteiger partial charge in [0.25, 0.3) is 5.91 Å². The van der Waals surface area contributed by atoms with Crippen LogP contribution in [0.25, 0.3) is 0 Å². The summed E-state index contributed by atoms with van der Waals surface area (Å²) >= 11 is 2.22. The summed E-state index contributed by atoms with van der Waals surface area (Å²) in [4.78, 5) is 11.8. The third-order valence-corrected chi connectivity index (χ3v) is 3.78. The molecule has 94 valence electrons.